The highest BCUT2D eigenvalue weighted by Crippen LogP contribution is 2.38. The number of para-hydroxylation sites is 2. The summed E-state index contributed by atoms with van der Waals surface area (Å²) in [6.45, 7) is 0. The third-order valence-electron chi connectivity index (χ3n) is 1.95. The molecular weight excluding hydrogens is 156 g/mol. The summed E-state index contributed by atoms with van der Waals surface area (Å²) >= 11 is 0. The molecule has 4 heteroatoms. The summed E-state index contributed by atoms with van der Waals surface area (Å²) in [5.74, 6) is 0. The van der Waals surface area contributed by atoms with Crippen LogP contribution >= 0.6 is 0 Å². The van der Waals surface area contributed by atoms with E-state index in [2.05, 4.69) is 0 Å². The second kappa shape index (κ2) is 2.20. The summed E-state index contributed by atoms with van der Waals surface area (Å²) in [7, 11) is 3.71. The van der Waals surface area contributed by atoms with Crippen LogP contribution in [0.3, 0.4) is 0 Å². The number of rotatable bonds is 0. The fourth-order valence-corrected chi connectivity index (χ4v) is 1.36. The van der Waals surface area contributed by atoms with E-state index in [0.29, 0.717) is 5.69 Å². The Kier molecular flexibility index (Phi) is 1.38. The van der Waals surface area contributed by atoms with Gasteiger partial charge < -0.3 is 0 Å². The second-order valence-corrected chi connectivity index (χ2v) is 3.19. The summed E-state index contributed by atoms with van der Waals surface area (Å²) in [4.78, 5) is 5.15. The van der Waals surface area contributed by atoms with Gasteiger partial charge in [-0.1, -0.05) is 17.4 Å². The van der Waals surface area contributed by atoms with Gasteiger partial charge in [0.1, 0.15) is 14.1 Å². The number of hydrogen-bond acceptors (Lipinski definition) is 3. The quantitative estimate of drug-likeness (QED) is 0.591. The zero-order chi connectivity index (χ0) is 8.77. The predicted octanol–water partition coefficient (Wildman–Crippen LogP) is 1.31. The number of benzene rings is 1. The van der Waals surface area contributed by atoms with E-state index < -0.39 is 0 Å². The van der Waals surface area contributed by atoms with Crippen LogP contribution in [0.5, 0.6) is 0 Å². The van der Waals surface area contributed by atoms with Gasteiger partial charge in [-0.05, 0) is 11.0 Å². The third-order valence-corrected chi connectivity index (χ3v) is 1.95. The van der Waals surface area contributed by atoms with Crippen LogP contribution in [0.4, 0.5) is 11.4 Å². The maximum absolute atomic E-state index is 9.31. The van der Waals surface area contributed by atoms with Gasteiger partial charge >= 0.3 is 0 Å². The molecule has 0 spiro atoms. The molecule has 64 valence electrons. The summed E-state index contributed by atoms with van der Waals surface area (Å²) in [6, 6.07) is 7.51. The molecule has 0 bridgehead atoms. The lowest BCUT2D eigenvalue weighted by Gasteiger charge is -2.17. The van der Waals surface area contributed by atoms with Crippen LogP contribution in [0, 0.1) is 0 Å². The van der Waals surface area contributed by atoms with Crippen molar-refractivity contribution in [3.8, 4) is 0 Å². The Balaban J connectivity index is 2.58. The smallest absolute Gasteiger partial charge is 0.196 e. The van der Waals surface area contributed by atoms with Crippen molar-refractivity contribution in [3.63, 3.8) is 0 Å². The largest absolute Gasteiger partial charge is 0.259 e. The van der Waals surface area contributed by atoms with Gasteiger partial charge in [-0.25, -0.2) is 0 Å². The van der Waals surface area contributed by atoms with Crippen LogP contribution in [0.15, 0.2) is 24.3 Å². The minimum Gasteiger partial charge on any atom is -0.259 e. The van der Waals surface area contributed by atoms with Crippen LogP contribution in [0.25, 0.3) is 0 Å². The minimum atomic E-state index is 0.215. The number of nitrogens with zero attached hydrogens (tertiary/aromatic N) is 2. The number of anilines is 1. The van der Waals surface area contributed by atoms with Crippen molar-refractivity contribution in [2.75, 3.05) is 19.3 Å². The molecular formula is C8H11N2O2+. The molecule has 0 aliphatic carbocycles. The van der Waals surface area contributed by atoms with E-state index in [4.69, 9.17) is 4.94 Å². The molecule has 1 aromatic rings. The minimum absolute atomic E-state index is 0.215. The fourth-order valence-electron chi connectivity index (χ4n) is 1.36. The Bertz CT molecular complexity index is 312. The van der Waals surface area contributed by atoms with Crippen LogP contribution in [-0.2, 0) is 4.94 Å². The Morgan fingerprint density at radius 3 is 2.67 bits per heavy atom. The van der Waals surface area contributed by atoms with Crippen LogP contribution in [-0.4, -0.2) is 19.3 Å². The van der Waals surface area contributed by atoms with Gasteiger partial charge in [0, 0.05) is 6.07 Å². The van der Waals surface area contributed by atoms with Crippen LogP contribution in [0.2, 0.25) is 0 Å². The molecule has 1 N–H and O–H groups in total. The van der Waals surface area contributed by atoms with Crippen molar-refractivity contribution in [2.24, 2.45) is 0 Å². The Morgan fingerprint density at radius 2 is 2.00 bits per heavy atom. The molecule has 1 aliphatic rings. The molecule has 0 saturated heterocycles. The van der Waals surface area contributed by atoms with Gasteiger partial charge in [-0.3, -0.25) is 5.21 Å². The Morgan fingerprint density at radius 1 is 1.33 bits per heavy atom. The number of hydrogen-bond donors (Lipinski definition) is 1. The number of hydroxylamine groups is 2. The topological polar surface area (TPSA) is 32.7 Å². The summed E-state index contributed by atoms with van der Waals surface area (Å²) < 4.78 is 0.215. The van der Waals surface area contributed by atoms with Crippen molar-refractivity contribution < 1.29 is 10.1 Å². The van der Waals surface area contributed by atoms with Crippen molar-refractivity contribution in [1.82, 2.24) is 4.65 Å². The number of quaternary nitrogens is 1. The normalized spacial score (nSPS) is 19.4. The first-order valence-corrected chi connectivity index (χ1v) is 3.73. The van der Waals surface area contributed by atoms with E-state index in [9.17, 15) is 5.21 Å². The lowest BCUT2D eigenvalue weighted by atomic mass is 10.2. The molecule has 0 fully saturated rings. The zero-order valence-corrected chi connectivity index (χ0v) is 7.06. The lowest BCUT2D eigenvalue weighted by Crippen LogP contribution is -2.39. The maximum atomic E-state index is 9.31. The molecule has 12 heavy (non-hydrogen) atoms. The highest BCUT2D eigenvalue weighted by atomic mass is 17.0. The van der Waals surface area contributed by atoms with Crippen LogP contribution in [0.1, 0.15) is 0 Å². The molecule has 1 heterocycles. The van der Waals surface area contributed by atoms with E-state index in [1.807, 2.05) is 38.4 Å². The van der Waals surface area contributed by atoms with Crippen molar-refractivity contribution in [3.05, 3.63) is 24.3 Å². The van der Waals surface area contributed by atoms with Gasteiger partial charge in [-0.15, -0.1) is 4.65 Å². The molecule has 0 amide bonds. The highest BCUT2D eigenvalue weighted by molar-refractivity contribution is 5.68. The summed E-state index contributed by atoms with van der Waals surface area (Å²) in [5, 5.41) is 10.1. The number of fused-ring (bicyclic) bond motifs is 1. The van der Waals surface area contributed by atoms with Crippen molar-refractivity contribution in [2.45, 2.75) is 0 Å². The zero-order valence-electron chi connectivity index (χ0n) is 7.06. The first-order valence-electron chi connectivity index (χ1n) is 3.73. The van der Waals surface area contributed by atoms with Gasteiger partial charge in [0.15, 0.2) is 11.4 Å². The third kappa shape index (κ3) is 0.896. The molecule has 1 aliphatic heterocycles. The van der Waals surface area contributed by atoms with E-state index in [0.717, 1.165) is 10.9 Å². The highest BCUT2D eigenvalue weighted by Gasteiger charge is 2.38. The monoisotopic (exact) mass is 167 g/mol. The Labute approximate surface area is 70.7 Å². The summed E-state index contributed by atoms with van der Waals surface area (Å²) in [5.41, 5.74) is 1.64. The van der Waals surface area contributed by atoms with E-state index in [1.165, 1.54) is 0 Å². The lowest BCUT2D eigenvalue weighted by molar-refractivity contribution is -0.176. The fraction of sp³-hybridized carbons (Fsp3) is 0.250. The predicted molar refractivity (Wildman–Crippen MR) is 45.4 cm³/mol. The standard InChI is InChI=1S/C8H11N2O2/c1-10(2)8-6-4-3-5-7(8)9(11)12-10/h3-6,11H,1-2H3/q+1. The molecule has 2 rings (SSSR count). The van der Waals surface area contributed by atoms with Gasteiger partial charge in [0.2, 0.25) is 0 Å². The molecule has 0 atom stereocenters. The average Bonchev–Trinajstić information content (AvgIpc) is 2.25. The average molecular weight is 167 g/mol. The molecule has 1 aromatic carbocycles. The van der Waals surface area contributed by atoms with Crippen molar-refractivity contribution in [1.29, 1.82) is 0 Å². The molecule has 4 nitrogen and oxygen atoms in total. The van der Waals surface area contributed by atoms with E-state index in [1.54, 1.807) is 0 Å². The van der Waals surface area contributed by atoms with E-state index >= 15 is 0 Å². The summed E-state index contributed by atoms with van der Waals surface area (Å²) in [6.07, 6.45) is 0. The second-order valence-electron chi connectivity index (χ2n) is 3.19. The van der Waals surface area contributed by atoms with Crippen LogP contribution < -0.4 is 9.87 Å². The van der Waals surface area contributed by atoms with Crippen molar-refractivity contribution >= 4 is 11.4 Å². The van der Waals surface area contributed by atoms with E-state index in [-0.39, 0.29) is 4.65 Å². The molecule has 0 saturated carbocycles. The van der Waals surface area contributed by atoms with Gasteiger partial charge in [0.25, 0.3) is 0 Å². The SMILES string of the molecule is C[N+]1(C)ON(O)c2ccccc21. The van der Waals surface area contributed by atoms with Gasteiger partial charge in [-0.2, -0.15) is 0 Å². The maximum Gasteiger partial charge on any atom is 0.196 e. The first kappa shape index (κ1) is 7.54. The Hall–Kier alpha value is -1.10. The first-order chi connectivity index (χ1) is 5.61. The van der Waals surface area contributed by atoms with Gasteiger partial charge in [0.05, 0.1) is 0 Å². The molecule has 0 aromatic heterocycles. The molecule has 0 unspecified atom stereocenters. The molecule has 0 radical (unpaired) electrons.